The molecule has 2 aliphatic rings. The molecule has 2 aromatic rings. The van der Waals surface area contributed by atoms with Crippen molar-refractivity contribution in [3.63, 3.8) is 0 Å². The first-order valence-corrected chi connectivity index (χ1v) is 20.3. The molecule has 5 atom stereocenters. The number of benzene rings is 2. The molecule has 4 amide bonds. The predicted molar refractivity (Wildman–Crippen MR) is 219 cm³/mol. The summed E-state index contributed by atoms with van der Waals surface area (Å²) in [5.41, 5.74) is 2.53. The van der Waals surface area contributed by atoms with Crippen molar-refractivity contribution in [2.75, 3.05) is 19.7 Å². The van der Waals surface area contributed by atoms with Crippen molar-refractivity contribution in [2.45, 2.75) is 129 Å². The molecule has 1 fully saturated rings. The van der Waals surface area contributed by atoms with Crippen LogP contribution in [0.2, 0.25) is 0 Å². The zero-order chi connectivity index (χ0) is 40.6. The van der Waals surface area contributed by atoms with Crippen molar-refractivity contribution >= 4 is 59.2 Å². The Bertz CT molecular complexity index is 1600. The van der Waals surface area contributed by atoms with E-state index in [1.807, 2.05) is 76.2 Å². The van der Waals surface area contributed by atoms with Crippen LogP contribution < -0.4 is 31.3 Å². The fourth-order valence-electron chi connectivity index (χ4n) is 7.53. The minimum Gasteiger partial charge on any atom is -0.493 e. The van der Waals surface area contributed by atoms with E-state index in [0.717, 1.165) is 48.8 Å². The smallest absolute Gasteiger partial charge is 0.317 e. The van der Waals surface area contributed by atoms with Crippen LogP contribution in [0.1, 0.15) is 108 Å². The molecule has 0 bridgehead atoms. The van der Waals surface area contributed by atoms with Gasteiger partial charge >= 0.3 is 5.97 Å². The average molecular weight is 801 g/mol. The van der Waals surface area contributed by atoms with Crippen LogP contribution in [0.3, 0.4) is 0 Å². The number of carboxylic acid groups (broad SMARTS) is 1. The Labute approximate surface area is 359 Å². The average Bonchev–Trinajstić information content (AvgIpc) is 3.54. The molecule has 4 rings (SSSR count). The third kappa shape index (κ3) is 16.7. The number of hydrogen-bond donors (Lipinski definition) is 7. The van der Waals surface area contributed by atoms with Gasteiger partial charge in [0.1, 0.15) is 17.8 Å². The molecule has 1 saturated carbocycles. The minimum absolute atomic E-state index is 0. The van der Waals surface area contributed by atoms with Gasteiger partial charge in [-0.15, -0.1) is 0 Å². The van der Waals surface area contributed by atoms with Gasteiger partial charge in [-0.05, 0) is 47.8 Å². The van der Waals surface area contributed by atoms with E-state index in [1.165, 1.54) is 0 Å². The van der Waals surface area contributed by atoms with Crippen LogP contribution in [0.5, 0.6) is 5.75 Å². The van der Waals surface area contributed by atoms with Crippen LogP contribution in [-0.4, -0.2) is 113 Å². The van der Waals surface area contributed by atoms with Crippen molar-refractivity contribution < 1.29 is 38.9 Å². The van der Waals surface area contributed by atoms with E-state index in [0.29, 0.717) is 37.6 Å². The summed E-state index contributed by atoms with van der Waals surface area (Å²) < 4.78 is 5.85. The number of carboxylic acids is 1. The number of carbonyl (C=O) groups excluding carboxylic acids is 4. The zero-order valence-corrected chi connectivity index (χ0v) is 36.5. The molecule has 1 heterocycles. The predicted octanol–water partition coefficient (Wildman–Crippen LogP) is 3.58. The van der Waals surface area contributed by atoms with E-state index in [2.05, 4.69) is 26.6 Å². The summed E-state index contributed by atoms with van der Waals surface area (Å²) in [5.74, 6) is -1.54. The Morgan fingerprint density at radius 1 is 0.825 bits per heavy atom. The number of amides is 4. The number of hydrogen-bond acceptors (Lipinski definition) is 8. The van der Waals surface area contributed by atoms with Crippen molar-refractivity contribution in [3.05, 3.63) is 65.2 Å². The van der Waals surface area contributed by atoms with Gasteiger partial charge < -0.3 is 41.5 Å². The monoisotopic (exact) mass is 800 g/mol. The van der Waals surface area contributed by atoms with Gasteiger partial charge in [-0.25, -0.2) is 0 Å². The van der Waals surface area contributed by atoms with E-state index < -0.39 is 42.0 Å². The number of aliphatic carboxylic acids is 1. The van der Waals surface area contributed by atoms with Crippen LogP contribution in [0.15, 0.2) is 48.5 Å². The summed E-state index contributed by atoms with van der Waals surface area (Å²) in [6, 6.07) is 12.3. The van der Waals surface area contributed by atoms with Crippen molar-refractivity contribution in [3.8, 4) is 5.75 Å². The minimum atomic E-state index is -1.10. The summed E-state index contributed by atoms with van der Waals surface area (Å²) in [7, 11) is 0. The van der Waals surface area contributed by atoms with Crippen LogP contribution in [0.4, 0.5) is 0 Å². The molecule has 1 aliphatic carbocycles. The third-order valence-electron chi connectivity index (χ3n) is 10.5. The van der Waals surface area contributed by atoms with Gasteiger partial charge in [0.25, 0.3) is 0 Å². The van der Waals surface area contributed by atoms with E-state index >= 15 is 0 Å². The van der Waals surface area contributed by atoms with Gasteiger partial charge in [0.2, 0.25) is 23.6 Å². The van der Waals surface area contributed by atoms with Gasteiger partial charge in [-0.1, -0.05) is 102 Å². The normalized spacial score (nSPS) is 17.3. The quantitative estimate of drug-likeness (QED) is 0.0872. The molecule has 1 radical (unpaired) electrons. The van der Waals surface area contributed by atoms with E-state index in [-0.39, 0.29) is 91.5 Å². The molecular formula is C43H63N5NaO8. The fraction of sp³-hybridized carbons (Fsp3) is 0.605. The van der Waals surface area contributed by atoms with Crippen molar-refractivity contribution in [1.29, 1.82) is 0 Å². The molecule has 0 saturated heterocycles. The Morgan fingerprint density at radius 3 is 2.19 bits per heavy atom. The van der Waals surface area contributed by atoms with E-state index in [9.17, 15) is 29.1 Å². The summed E-state index contributed by atoms with van der Waals surface area (Å²) in [5, 5.41) is 34.9. The Hall–Kier alpha value is -3.49. The van der Waals surface area contributed by atoms with E-state index in [1.54, 1.807) is 0 Å². The first-order chi connectivity index (χ1) is 26.8. The molecule has 1 aliphatic heterocycles. The molecule has 14 heteroatoms. The van der Waals surface area contributed by atoms with Gasteiger partial charge in [-0.2, -0.15) is 0 Å². The van der Waals surface area contributed by atoms with Crippen LogP contribution in [0.25, 0.3) is 0 Å². The third-order valence-corrected chi connectivity index (χ3v) is 10.5. The molecule has 13 nitrogen and oxygen atoms in total. The number of fused-ring (bicyclic) bond motifs is 1. The molecule has 309 valence electrons. The van der Waals surface area contributed by atoms with Crippen molar-refractivity contribution in [1.82, 2.24) is 26.6 Å². The van der Waals surface area contributed by atoms with Crippen LogP contribution in [0, 0.1) is 17.8 Å². The topological polar surface area (TPSA) is 195 Å². The Balaban J connectivity index is 0.00000870. The van der Waals surface area contributed by atoms with Gasteiger partial charge in [0, 0.05) is 67.0 Å². The molecule has 2 aromatic carbocycles. The standard InChI is InChI=1S/C43H63N5O8.Na/c1-27(2)17-35(42(54)47-34(19-29-11-7-5-8-12-29)37(49)22-39(50)45-23-28(3)4)48-43(55)36(20-30-13-9-6-10-14-30)46-40(51)21-32-26-56-38-16-15-31(18-33(32)38)24-44-25-41(52)53;/h6,9-10,13-16,18,27-29,32,34-37,44,49H,5,7-8,11-12,17,19-26H2,1-4H3,(H,45,50)(H,46,51)(H,47,54)(H,48,55)(H,52,53);/t32?,34-,35-,36-,37-;/m0./s1. The second kappa shape index (κ2) is 24.4. The summed E-state index contributed by atoms with van der Waals surface area (Å²) in [6.07, 6.45) is 5.19. The summed E-state index contributed by atoms with van der Waals surface area (Å²) >= 11 is 0. The fourth-order valence-corrected chi connectivity index (χ4v) is 7.53. The van der Waals surface area contributed by atoms with Crippen LogP contribution in [-0.2, 0) is 36.9 Å². The Morgan fingerprint density at radius 2 is 1.53 bits per heavy atom. The molecule has 7 N–H and O–H groups in total. The SMILES string of the molecule is CC(C)CNC(=O)C[C@H](O)[C@H](CC1CCCCC1)NC(=O)[C@H](CC(C)C)NC(=O)[C@H](Cc1ccccc1)NC(=O)CC1COc2ccc(CNCC(=O)O)cc21.[Na]. The number of aliphatic hydroxyl groups excluding tert-OH is 1. The van der Waals surface area contributed by atoms with Gasteiger partial charge in [0.05, 0.1) is 31.7 Å². The van der Waals surface area contributed by atoms with Gasteiger partial charge in [0.15, 0.2) is 0 Å². The van der Waals surface area contributed by atoms with E-state index in [4.69, 9.17) is 9.84 Å². The first-order valence-electron chi connectivity index (χ1n) is 20.3. The largest absolute Gasteiger partial charge is 0.493 e. The maximum Gasteiger partial charge on any atom is 0.317 e. The Kier molecular flexibility index (Phi) is 20.5. The molecule has 0 spiro atoms. The second-order valence-electron chi connectivity index (χ2n) is 16.4. The number of ether oxygens (including phenoxy) is 1. The summed E-state index contributed by atoms with van der Waals surface area (Å²) in [4.78, 5) is 65.5. The maximum absolute atomic E-state index is 14.1. The molecular weight excluding hydrogens is 737 g/mol. The zero-order valence-electron chi connectivity index (χ0n) is 34.5. The van der Waals surface area contributed by atoms with Gasteiger partial charge in [-0.3, -0.25) is 24.0 Å². The number of nitrogens with one attached hydrogen (secondary N) is 5. The molecule has 0 aromatic heterocycles. The van der Waals surface area contributed by atoms with Crippen LogP contribution >= 0.6 is 0 Å². The van der Waals surface area contributed by atoms with Crippen molar-refractivity contribution in [2.24, 2.45) is 17.8 Å². The molecule has 1 unspecified atom stereocenters. The second-order valence-corrected chi connectivity index (χ2v) is 16.4. The number of rotatable bonds is 22. The number of aliphatic hydroxyl groups is 1. The number of carbonyl (C=O) groups is 5. The summed E-state index contributed by atoms with van der Waals surface area (Å²) in [6.45, 7) is 8.85. The molecule has 57 heavy (non-hydrogen) atoms. The maximum atomic E-state index is 14.1. The first kappa shape index (κ1) is 47.9.